The van der Waals surface area contributed by atoms with Gasteiger partial charge in [-0.25, -0.2) is 0 Å². The minimum Gasteiger partial charge on any atom is -0.397 e. The predicted molar refractivity (Wildman–Crippen MR) is 78.4 cm³/mol. The number of anilines is 2. The highest BCUT2D eigenvalue weighted by Gasteiger charge is 2.23. The Balaban J connectivity index is 2.19. The first kappa shape index (κ1) is 12.7. The summed E-state index contributed by atoms with van der Waals surface area (Å²) in [4.78, 5) is 2.43. The summed E-state index contributed by atoms with van der Waals surface area (Å²) in [5, 5.41) is 0. The third-order valence-electron chi connectivity index (χ3n) is 3.67. The molecule has 1 aromatic carbocycles. The second-order valence-corrected chi connectivity index (χ2v) is 6.62. The van der Waals surface area contributed by atoms with Gasteiger partial charge in [0.2, 0.25) is 0 Å². The van der Waals surface area contributed by atoms with Gasteiger partial charge in [-0.1, -0.05) is 29.8 Å². The van der Waals surface area contributed by atoms with Crippen molar-refractivity contribution in [2.24, 2.45) is 5.41 Å². The topological polar surface area (TPSA) is 29.3 Å². The largest absolute Gasteiger partial charge is 0.397 e. The number of benzene rings is 1. The van der Waals surface area contributed by atoms with Crippen LogP contribution in [-0.2, 0) is 0 Å². The smallest absolute Gasteiger partial charge is 0.0611 e. The number of hydrogen-bond acceptors (Lipinski definition) is 2. The van der Waals surface area contributed by atoms with E-state index in [-0.39, 0.29) is 0 Å². The molecule has 1 aliphatic rings. The third kappa shape index (κ3) is 3.15. The fourth-order valence-electron chi connectivity index (χ4n) is 2.45. The van der Waals surface area contributed by atoms with Crippen LogP contribution in [0, 0.1) is 5.41 Å². The van der Waals surface area contributed by atoms with E-state index in [1.54, 1.807) is 0 Å². The van der Waals surface area contributed by atoms with Gasteiger partial charge in [0.25, 0.3) is 0 Å². The lowest BCUT2D eigenvalue weighted by Crippen LogP contribution is -2.25. The lowest BCUT2D eigenvalue weighted by atomic mass is 9.85. The van der Waals surface area contributed by atoms with Gasteiger partial charge >= 0.3 is 0 Å². The quantitative estimate of drug-likeness (QED) is 0.792. The molecule has 94 valence electrons. The molecule has 0 aromatic heterocycles. The molecule has 1 fully saturated rings. The average Bonchev–Trinajstić information content (AvgIpc) is 2.43. The minimum atomic E-state index is 0.468. The van der Waals surface area contributed by atoms with Crippen molar-refractivity contribution in [1.29, 1.82) is 0 Å². The minimum absolute atomic E-state index is 0.468. The Labute approximate surface area is 112 Å². The van der Waals surface area contributed by atoms with Crippen molar-refractivity contribution < 1.29 is 0 Å². The van der Waals surface area contributed by atoms with E-state index in [9.17, 15) is 0 Å². The van der Waals surface area contributed by atoms with Gasteiger partial charge < -0.3 is 10.6 Å². The van der Waals surface area contributed by atoms with Crippen molar-refractivity contribution in [3.05, 3.63) is 22.7 Å². The standard InChI is InChI=1S/C14H21BrN2/c1-14(2)6-3-8-17(9-7-14)13-10-11(15)4-5-12(13)16/h4-5,10H,3,6-9,16H2,1-2H3. The summed E-state index contributed by atoms with van der Waals surface area (Å²) >= 11 is 3.52. The normalized spacial score (nSPS) is 20.1. The molecule has 0 spiro atoms. The molecule has 0 aliphatic carbocycles. The van der Waals surface area contributed by atoms with E-state index in [1.807, 2.05) is 12.1 Å². The number of halogens is 1. The average molecular weight is 297 g/mol. The van der Waals surface area contributed by atoms with Gasteiger partial charge in [0.05, 0.1) is 11.4 Å². The molecule has 0 bridgehead atoms. The van der Waals surface area contributed by atoms with Crippen molar-refractivity contribution in [2.75, 3.05) is 23.7 Å². The fraction of sp³-hybridized carbons (Fsp3) is 0.571. The van der Waals surface area contributed by atoms with Crippen LogP contribution in [0.1, 0.15) is 33.1 Å². The van der Waals surface area contributed by atoms with E-state index in [4.69, 9.17) is 5.73 Å². The number of nitrogens with zero attached hydrogens (tertiary/aromatic N) is 1. The molecule has 0 amide bonds. The van der Waals surface area contributed by atoms with E-state index in [0.29, 0.717) is 5.41 Å². The predicted octanol–water partition coefficient (Wildman–Crippen LogP) is 4.05. The number of nitrogens with two attached hydrogens (primary N) is 1. The highest BCUT2D eigenvalue weighted by atomic mass is 79.9. The van der Waals surface area contributed by atoms with Crippen LogP contribution in [0.4, 0.5) is 11.4 Å². The summed E-state index contributed by atoms with van der Waals surface area (Å²) < 4.78 is 1.10. The van der Waals surface area contributed by atoms with Crippen LogP contribution in [0.15, 0.2) is 22.7 Å². The zero-order chi connectivity index (χ0) is 12.5. The number of rotatable bonds is 1. The Morgan fingerprint density at radius 3 is 2.76 bits per heavy atom. The first-order valence-electron chi connectivity index (χ1n) is 6.28. The summed E-state index contributed by atoms with van der Waals surface area (Å²) in [5.41, 5.74) is 8.60. The molecule has 2 nitrogen and oxygen atoms in total. The van der Waals surface area contributed by atoms with Crippen LogP contribution < -0.4 is 10.6 Å². The van der Waals surface area contributed by atoms with Crippen molar-refractivity contribution in [1.82, 2.24) is 0 Å². The van der Waals surface area contributed by atoms with Crippen LogP contribution in [-0.4, -0.2) is 13.1 Å². The van der Waals surface area contributed by atoms with Crippen LogP contribution in [0.5, 0.6) is 0 Å². The highest BCUT2D eigenvalue weighted by Crippen LogP contribution is 2.34. The molecular weight excluding hydrogens is 276 g/mol. The maximum absolute atomic E-state index is 6.08. The SMILES string of the molecule is CC1(C)CCCN(c2cc(Br)ccc2N)CC1. The summed E-state index contributed by atoms with van der Waals surface area (Å²) in [5.74, 6) is 0. The summed E-state index contributed by atoms with van der Waals surface area (Å²) in [6, 6.07) is 6.11. The summed E-state index contributed by atoms with van der Waals surface area (Å²) in [6.07, 6.45) is 3.79. The zero-order valence-corrected chi connectivity index (χ0v) is 12.3. The van der Waals surface area contributed by atoms with Gasteiger partial charge in [0.1, 0.15) is 0 Å². The summed E-state index contributed by atoms with van der Waals surface area (Å²) in [6.45, 7) is 6.94. The van der Waals surface area contributed by atoms with Gasteiger partial charge in [0.15, 0.2) is 0 Å². The monoisotopic (exact) mass is 296 g/mol. The molecule has 0 saturated carbocycles. The fourth-order valence-corrected chi connectivity index (χ4v) is 2.80. The van der Waals surface area contributed by atoms with E-state index < -0.39 is 0 Å². The Hall–Kier alpha value is -0.700. The molecule has 3 heteroatoms. The Bertz CT molecular complexity index is 401. The van der Waals surface area contributed by atoms with Gasteiger partial charge in [-0.2, -0.15) is 0 Å². The molecule has 2 N–H and O–H groups in total. The van der Waals surface area contributed by atoms with Gasteiger partial charge in [-0.3, -0.25) is 0 Å². The molecule has 1 aliphatic heterocycles. The zero-order valence-electron chi connectivity index (χ0n) is 10.7. The van der Waals surface area contributed by atoms with Crippen molar-refractivity contribution in [3.8, 4) is 0 Å². The second kappa shape index (κ2) is 4.89. The first-order chi connectivity index (χ1) is 7.98. The lowest BCUT2D eigenvalue weighted by molar-refractivity contribution is 0.325. The maximum atomic E-state index is 6.08. The Morgan fingerprint density at radius 1 is 1.24 bits per heavy atom. The molecule has 1 heterocycles. The third-order valence-corrected chi connectivity index (χ3v) is 4.17. The Kier molecular flexibility index (Phi) is 3.67. The van der Waals surface area contributed by atoms with Gasteiger partial charge in [-0.15, -0.1) is 0 Å². The molecular formula is C14H21BrN2. The number of nitrogen functional groups attached to an aromatic ring is 1. The molecule has 0 radical (unpaired) electrons. The molecule has 2 rings (SSSR count). The van der Waals surface area contributed by atoms with Crippen LogP contribution >= 0.6 is 15.9 Å². The molecule has 0 unspecified atom stereocenters. The molecule has 1 saturated heterocycles. The van der Waals surface area contributed by atoms with Crippen molar-refractivity contribution in [2.45, 2.75) is 33.1 Å². The summed E-state index contributed by atoms with van der Waals surface area (Å²) in [7, 11) is 0. The Morgan fingerprint density at radius 2 is 2.00 bits per heavy atom. The van der Waals surface area contributed by atoms with Gasteiger partial charge in [-0.05, 0) is 42.9 Å². The first-order valence-corrected chi connectivity index (χ1v) is 7.07. The van der Waals surface area contributed by atoms with E-state index in [2.05, 4.69) is 40.7 Å². The van der Waals surface area contributed by atoms with Gasteiger partial charge in [0, 0.05) is 17.6 Å². The molecule has 0 atom stereocenters. The van der Waals surface area contributed by atoms with E-state index in [0.717, 1.165) is 23.2 Å². The number of hydrogen-bond donors (Lipinski definition) is 1. The van der Waals surface area contributed by atoms with Crippen LogP contribution in [0.2, 0.25) is 0 Å². The highest BCUT2D eigenvalue weighted by molar-refractivity contribution is 9.10. The lowest BCUT2D eigenvalue weighted by Gasteiger charge is -2.26. The molecule has 1 aromatic rings. The molecule has 17 heavy (non-hydrogen) atoms. The van der Waals surface area contributed by atoms with Crippen LogP contribution in [0.25, 0.3) is 0 Å². The van der Waals surface area contributed by atoms with E-state index >= 15 is 0 Å². The van der Waals surface area contributed by atoms with Crippen molar-refractivity contribution >= 4 is 27.3 Å². The van der Waals surface area contributed by atoms with E-state index in [1.165, 1.54) is 24.9 Å². The maximum Gasteiger partial charge on any atom is 0.0611 e. The second-order valence-electron chi connectivity index (χ2n) is 5.71. The van der Waals surface area contributed by atoms with Crippen LogP contribution in [0.3, 0.4) is 0 Å². The van der Waals surface area contributed by atoms with Crippen molar-refractivity contribution in [3.63, 3.8) is 0 Å².